The van der Waals surface area contributed by atoms with Crippen molar-refractivity contribution < 1.29 is 17.9 Å². The van der Waals surface area contributed by atoms with Gasteiger partial charge in [-0.1, -0.05) is 6.07 Å². The lowest BCUT2D eigenvalue weighted by atomic mass is 10.3. The second-order valence-electron chi connectivity index (χ2n) is 6.36. The van der Waals surface area contributed by atoms with Crippen LogP contribution in [-0.2, 0) is 21.2 Å². The molecule has 10 heteroatoms. The van der Waals surface area contributed by atoms with Crippen LogP contribution in [0.1, 0.15) is 12.6 Å². The number of amides is 1. The van der Waals surface area contributed by atoms with Crippen molar-refractivity contribution in [2.75, 3.05) is 12.8 Å². The summed E-state index contributed by atoms with van der Waals surface area (Å²) in [7, 11) is -2.26. The number of rotatable bonds is 7. The Labute approximate surface area is 174 Å². The summed E-state index contributed by atoms with van der Waals surface area (Å²) in [5.41, 5.74) is 6.62. The lowest BCUT2D eigenvalue weighted by Gasteiger charge is -2.08. The molecule has 0 aliphatic heterocycles. The van der Waals surface area contributed by atoms with Gasteiger partial charge in [0, 0.05) is 30.4 Å². The molecule has 1 amide bonds. The van der Waals surface area contributed by atoms with Crippen LogP contribution in [0.3, 0.4) is 0 Å². The minimum atomic E-state index is -3.73. The van der Waals surface area contributed by atoms with Gasteiger partial charge in [-0.3, -0.25) is 14.3 Å². The summed E-state index contributed by atoms with van der Waals surface area (Å²) in [6, 6.07) is 9.23. The number of nitrogens with one attached hydrogen (secondary N) is 1. The van der Waals surface area contributed by atoms with Crippen LogP contribution in [0.25, 0.3) is 6.20 Å². The van der Waals surface area contributed by atoms with E-state index in [2.05, 4.69) is 15.3 Å². The summed E-state index contributed by atoms with van der Waals surface area (Å²) in [6.07, 6.45) is 6.00. The number of benzene rings is 1. The highest BCUT2D eigenvalue weighted by atomic mass is 32.2. The van der Waals surface area contributed by atoms with Crippen LogP contribution in [0.15, 0.2) is 70.4 Å². The van der Waals surface area contributed by atoms with Crippen LogP contribution in [0.2, 0.25) is 0 Å². The van der Waals surface area contributed by atoms with Crippen LogP contribution in [0.4, 0.5) is 5.95 Å². The summed E-state index contributed by atoms with van der Waals surface area (Å²) < 4.78 is 32.1. The van der Waals surface area contributed by atoms with Crippen molar-refractivity contribution in [3.05, 3.63) is 66.3 Å². The van der Waals surface area contributed by atoms with Gasteiger partial charge in [0.1, 0.15) is 5.75 Å². The highest BCUT2D eigenvalue weighted by Crippen LogP contribution is 2.23. The number of carbonyl (C=O) groups excluding carboxylic acids is 1. The number of hydrogen-bond donors (Lipinski definition) is 2. The van der Waals surface area contributed by atoms with Crippen molar-refractivity contribution in [3.63, 3.8) is 0 Å². The number of hydrogen-bond acceptors (Lipinski definition) is 7. The van der Waals surface area contributed by atoms with Crippen LogP contribution in [-0.4, -0.2) is 36.0 Å². The Balaban J connectivity index is 1.68. The minimum absolute atomic E-state index is 0.0532. The average Bonchev–Trinajstić information content (AvgIpc) is 3.16. The van der Waals surface area contributed by atoms with Crippen LogP contribution in [0, 0.1) is 0 Å². The van der Waals surface area contributed by atoms with E-state index in [1.54, 1.807) is 37.5 Å². The monoisotopic (exact) mass is 427 g/mol. The number of anilines is 1. The topological polar surface area (TPSA) is 129 Å². The fraction of sp³-hybridized carbons (Fsp3) is 0.150. The summed E-state index contributed by atoms with van der Waals surface area (Å²) in [5.74, 6) is 0.416. The molecule has 0 atom stereocenters. The SMILES string of the molecule is COc1cccc(S(=O)(=O)c2ccc(CNC(=O)C(C)=Cn3ccnc3N)nc2)c1. The van der Waals surface area contributed by atoms with E-state index in [-0.39, 0.29) is 28.2 Å². The first-order chi connectivity index (χ1) is 14.3. The van der Waals surface area contributed by atoms with E-state index in [1.807, 2.05) is 0 Å². The number of ether oxygens (including phenoxy) is 1. The molecule has 2 heterocycles. The van der Waals surface area contributed by atoms with E-state index in [1.165, 1.54) is 42.3 Å². The molecule has 0 fully saturated rings. The molecule has 30 heavy (non-hydrogen) atoms. The number of carbonyl (C=O) groups is 1. The van der Waals surface area contributed by atoms with E-state index in [0.29, 0.717) is 17.0 Å². The Morgan fingerprint density at radius 2 is 2.03 bits per heavy atom. The van der Waals surface area contributed by atoms with Gasteiger partial charge in [-0.15, -0.1) is 0 Å². The largest absolute Gasteiger partial charge is 0.497 e. The normalized spacial score (nSPS) is 11.9. The lowest BCUT2D eigenvalue weighted by molar-refractivity contribution is -0.117. The molecule has 3 rings (SSSR count). The molecule has 9 nitrogen and oxygen atoms in total. The zero-order chi connectivity index (χ0) is 21.7. The van der Waals surface area contributed by atoms with Gasteiger partial charge in [-0.2, -0.15) is 0 Å². The molecule has 0 bridgehead atoms. The van der Waals surface area contributed by atoms with Gasteiger partial charge in [0.05, 0.1) is 29.1 Å². The van der Waals surface area contributed by atoms with Crippen molar-refractivity contribution in [2.24, 2.45) is 0 Å². The summed E-state index contributed by atoms with van der Waals surface area (Å²) in [4.78, 5) is 20.4. The fourth-order valence-corrected chi connectivity index (χ4v) is 3.83. The molecule has 3 aromatic rings. The van der Waals surface area contributed by atoms with Crippen molar-refractivity contribution in [1.82, 2.24) is 19.9 Å². The Hall–Kier alpha value is -3.66. The maximum absolute atomic E-state index is 12.8. The Morgan fingerprint density at radius 1 is 1.23 bits per heavy atom. The Bertz CT molecular complexity index is 1180. The van der Waals surface area contributed by atoms with Crippen molar-refractivity contribution in [3.8, 4) is 5.75 Å². The molecular formula is C20H21N5O4S. The lowest BCUT2D eigenvalue weighted by Crippen LogP contribution is -2.24. The van der Waals surface area contributed by atoms with Gasteiger partial charge >= 0.3 is 0 Å². The van der Waals surface area contributed by atoms with Crippen molar-refractivity contribution in [1.29, 1.82) is 0 Å². The highest BCUT2D eigenvalue weighted by Gasteiger charge is 2.19. The van der Waals surface area contributed by atoms with Gasteiger partial charge in [-0.25, -0.2) is 13.4 Å². The first-order valence-corrected chi connectivity index (χ1v) is 10.4. The highest BCUT2D eigenvalue weighted by molar-refractivity contribution is 7.91. The first kappa shape index (κ1) is 21.1. The molecule has 0 radical (unpaired) electrons. The molecule has 0 saturated carbocycles. The molecule has 0 aliphatic rings. The van der Waals surface area contributed by atoms with Crippen LogP contribution >= 0.6 is 0 Å². The third-order valence-corrected chi connectivity index (χ3v) is 6.02. The predicted octanol–water partition coefficient (Wildman–Crippen LogP) is 1.88. The molecule has 0 aliphatic carbocycles. The number of nitrogens with zero attached hydrogens (tertiary/aromatic N) is 3. The molecule has 0 unspecified atom stereocenters. The van der Waals surface area contributed by atoms with E-state index < -0.39 is 9.84 Å². The van der Waals surface area contributed by atoms with Crippen LogP contribution in [0.5, 0.6) is 5.75 Å². The third-order valence-electron chi connectivity index (χ3n) is 4.28. The van der Waals surface area contributed by atoms with E-state index in [4.69, 9.17) is 10.5 Å². The molecule has 2 aromatic heterocycles. The zero-order valence-corrected chi connectivity index (χ0v) is 17.3. The molecular weight excluding hydrogens is 406 g/mol. The first-order valence-electron chi connectivity index (χ1n) is 8.90. The van der Waals surface area contributed by atoms with E-state index in [0.717, 1.165) is 0 Å². The second-order valence-corrected chi connectivity index (χ2v) is 8.30. The Kier molecular flexibility index (Phi) is 6.17. The molecule has 0 saturated heterocycles. The zero-order valence-electron chi connectivity index (χ0n) is 16.4. The smallest absolute Gasteiger partial charge is 0.248 e. The van der Waals surface area contributed by atoms with Gasteiger partial charge in [0.25, 0.3) is 0 Å². The van der Waals surface area contributed by atoms with Gasteiger partial charge in [0.15, 0.2) is 0 Å². The predicted molar refractivity (Wildman–Crippen MR) is 111 cm³/mol. The number of sulfone groups is 1. The number of nitrogen functional groups attached to an aromatic ring is 1. The third kappa shape index (κ3) is 4.66. The average molecular weight is 427 g/mol. The van der Waals surface area contributed by atoms with Gasteiger partial charge < -0.3 is 15.8 Å². The van der Waals surface area contributed by atoms with Gasteiger partial charge in [-0.05, 0) is 37.3 Å². The summed E-state index contributed by atoms with van der Waals surface area (Å²) in [6.45, 7) is 1.79. The van der Waals surface area contributed by atoms with Crippen molar-refractivity contribution >= 4 is 27.9 Å². The standard InChI is InChI=1S/C20H21N5O4S/c1-14(13-25-9-8-22-20(25)21)19(26)24-11-15-6-7-18(12-23-15)30(27,28)17-5-3-4-16(10-17)29-2/h3-10,12-13H,11H2,1-2H3,(H2,21,22)(H,24,26). The molecule has 156 valence electrons. The maximum Gasteiger partial charge on any atom is 0.248 e. The van der Waals surface area contributed by atoms with E-state index >= 15 is 0 Å². The number of imidazole rings is 1. The number of nitrogens with two attached hydrogens (primary N) is 1. The molecule has 0 spiro atoms. The second kappa shape index (κ2) is 8.78. The minimum Gasteiger partial charge on any atom is -0.497 e. The van der Waals surface area contributed by atoms with E-state index in [9.17, 15) is 13.2 Å². The number of methoxy groups -OCH3 is 1. The number of pyridine rings is 1. The number of aromatic nitrogens is 3. The van der Waals surface area contributed by atoms with Crippen LogP contribution < -0.4 is 15.8 Å². The molecule has 3 N–H and O–H groups in total. The Morgan fingerprint density at radius 3 is 2.67 bits per heavy atom. The maximum atomic E-state index is 12.8. The molecule has 1 aromatic carbocycles. The fourth-order valence-electron chi connectivity index (χ4n) is 2.59. The quantitative estimate of drug-likeness (QED) is 0.551. The summed E-state index contributed by atoms with van der Waals surface area (Å²) in [5, 5.41) is 2.73. The summed E-state index contributed by atoms with van der Waals surface area (Å²) >= 11 is 0. The van der Waals surface area contributed by atoms with Gasteiger partial charge in [0.2, 0.25) is 21.7 Å². The van der Waals surface area contributed by atoms with Crippen molar-refractivity contribution in [2.45, 2.75) is 23.3 Å².